The van der Waals surface area contributed by atoms with E-state index in [9.17, 15) is 21.6 Å². The average molecular weight is 411 g/mol. The molecular formula is C17H16F3N5O2S. The molecule has 2 aromatic heterocycles. The van der Waals surface area contributed by atoms with Crippen LogP contribution in [0, 0.1) is 5.82 Å². The number of rotatable bonds is 3. The van der Waals surface area contributed by atoms with E-state index in [2.05, 4.69) is 15.0 Å². The standard InChI is InChI=1S/C17H16F3N5O2S/c18-10-3-1-2-4-11(10)28(26,27)14-12-13(24-15(14)21)16(23-9-22-12)25-7-5-17(19,20)6-8-25/h1-4,9,24H,5-8,21H2. The molecule has 4 rings (SSSR count). The minimum absolute atomic E-state index is 0.0110. The summed E-state index contributed by atoms with van der Waals surface area (Å²) in [6, 6.07) is 4.94. The molecule has 3 aromatic rings. The van der Waals surface area contributed by atoms with Crippen molar-refractivity contribution in [1.29, 1.82) is 0 Å². The number of H-pyrrole nitrogens is 1. The summed E-state index contributed by atoms with van der Waals surface area (Å²) in [7, 11) is -4.31. The van der Waals surface area contributed by atoms with E-state index in [1.807, 2.05) is 0 Å². The molecule has 0 bridgehead atoms. The third kappa shape index (κ3) is 2.95. The first-order valence-corrected chi connectivity index (χ1v) is 9.93. The number of anilines is 2. The normalized spacial score (nSPS) is 17.2. The van der Waals surface area contributed by atoms with Crippen LogP contribution in [0.2, 0.25) is 0 Å². The molecule has 3 heterocycles. The second-order valence-corrected chi connectivity index (χ2v) is 8.42. The molecule has 0 unspecified atom stereocenters. The lowest BCUT2D eigenvalue weighted by atomic mass is 10.1. The number of aromatic nitrogens is 3. The Morgan fingerprint density at radius 3 is 2.50 bits per heavy atom. The maximum Gasteiger partial charge on any atom is 0.251 e. The Hall–Kier alpha value is -2.82. The van der Waals surface area contributed by atoms with Gasteiger partial charge in [-0.25, -0.2) is 31.6 Å². The molecule has 28 heavy (non-hydrogen) atoms. The molecule has 1 fully saturated rings. The number of nitrogen functional groups attached to an aromatic ring is 1. The zero-order valence-corrected chi connectivity index (χ0v) is 15.3. The number of hydrogen-bond donors (Lipinski definition) is 2. The van der Waals surface area contributed by atoms with E-state index in [-0.39, 0.29) is 53.5 Å². The number of alkyl halides is 2. The van der Waals surface area contributed by atoms with E-state index in [0.717, 1.165) is 18.5 Å². The fourth-order valence-electron chi connectivity index (χ4n) is 3.31. The summed E-state index contributed by atoms with van der Waals surface area (Å²) < 4.78 is 67.0. The molecule has 3 N–H and O–H groups in total. The summed E-state index contributed by atoms with van der Waals surface area (Å²) >= 11 is 0. The highest BCUT2D eigenvalue weighted by molar-refractivity contribution is 7.92. The molecular weight excluding hydrogens is 395 g/mol. The van der Waals surface area contributed by atoms with Gasteiger partial charge in [-0.15, -0.1) is 0 Å². The minimum Gasteiger partial charge on any atom is -0.384 e. The number of halogens is 3. The van der Waals surface area contributed by atoms with Gasteiger partial charge in [0.15, 0.2) is 5.82 Å². The number of hydrogen-bond acceptors (Lipinski definition) is 6. The first-order chi connectivity index (χ1) is 13.2. The number of nitrogens with one attached hydrogen (secondary N) is 1. The van der Waals surface area contributed by atoms with Crippen LogP contribution in [0.4, 0.5) is 24.8 Å². The van der Waals surface area contributed by atoms with Gasteiger partial charge in [-0.05, 0) is 12.1 Å². The first kappa shape index (κ1) is 18.5. The van der Waals surface area contributed by atoms with Crippen LogP contribution >= 0.6 is 0 Å². The molecule has 11 heteroatoms. The molecule has 0 amide bonds. The van der Waals surface area contributed by atoms with E-state index in [0.29, 0.717) is 0 Å². The van der Waals surface area contributed by atoms with Crippen molar-refractivity contribution in [3.63, 3.8) is 0 Å². The van der Waals surface area contributed by atoms with Crippen LogP contribution in [0.5, 0.6) is 0 Å². The number of nitrogens with two attached hydrogens (primary N) is 1. The summed E-state index contributed by atoms with van der Waals surface area (Å²) in [4.78, 5) is 11.6. The molecule has 1 aromatic carbocycles. The largest absolute Gasteiger partial charge is 0.384 e. The molecule has 0 aliphatic carbocycles. The third-order valence-corrected chi connectivity index (χ3v) is 6.60. The molecule has 1 aliphatic heterocycles. The van der Waals surface area contributed by atoms with Crippen LogP contribution in [0.25, 0.3) is 11.0 Å². The quantitative estimate of drug-likeness (QED) is 0.687. The van der Waals surface area contributed by atoms with Crippen molar-refractivity contribution < 1.29 is 21.6 Å². The lowest BCUT2D eigenvalue weighted by molar-refractivity contribution is -0.0221. The lowest BCUT2D eigenvalue weighted by Gasteiger charge is -2.32. The van der Waals surface area contributed by atoms with Gasteiger partial charge in [0.1, 0.15) is 38.8 Å². The van der Waals surface area contributed by atoms with E-state index < -0.39 is 26.5 Å². The molecule has 1 saturated heterocycles. The SMILES string of the molecule is Nc1[nH]c2c(N3CCC(F)(F)CC3)ncnc2c1S(=O)(=O)c1ccccc1F. The van der Waals surface area contributed by atoms with Gasteiger partial charge in [0, 0.05) is 25.9 Å². The summed E-state index contributed by atoms with van der Waals surface area (Å²) in [5, 5.41) is 0. The van der Waals surface area contributed by atoms with Gasteiger partial charge >= 0.3 is 0 Å². The van der Waals surface area contributed by atoms with E-state index in [4.69, 9.17) is 5.73 Å². The van der Waals surface area contributed by atoms with E-state index >= 15 is 0 Å². The predicted octanol–water partition coefficient (Wildman–Crippen LogP) is 2.75. The third-order valence-electron chi connectivity index (χ3n) is 4.74. The highest BCUT2D eigenvalue weighted by Crippen LogP contribution is 2.37. The fraction of sp³-hybridized carbons (Fsp3) is 0.294. The summed E-state index contributed by atoms with van der Waals surface area (Å²) in [5.74, 6) is -3.59. The van der Waals surface area contributed by atoms with Crippen molar-refractivity contribution in [2.45, 2.75) is 28.6 Å². The molecule has 148 valence electrons. The van der Waals surface area contributed by atoms with Gasteiger partial charge < -0.3 is 15.6 Å². The summed E-state index contributed by atoms with van der Waals surface area (Å²) in [6.07, 6.45) is 0.461. The van der Waals surface area contributed by atoms with Crippen LogP contribution in [0.1, 0.15) is 12.8 Å². The van der Waals surface area contributed by atoms with Gasteiger partial charge in [-0.1, -0.05) is 12.1 Å². The van der Waals surface area contributed by atoms with E-state index in [1.165, 1.54) is 12.1 Å². The van der Waals surface area contributed by atoms with Crippen LogP contribution in [-0.2, 0) is 9.84 Å². The molecule has 0 atom stereocenters. The number of fused-ring (bicyclic) bond motifs is 1. The Labute approximate surface area is 158 Å². The Morgan fingerprint density at radius 2 is 1.82 bits per heavy atom. The van der Waals surface area contributed by atoms with Gasteiger partial charge in [-0.3, -0.25) is 0 Å². The fourth-order valence-corrected chi connectivity index (χ4v) is 4.86. The van der Waals surface area contributed by atoms with Crippen LogP contribution in [-0.4, -0.2) is 42.4 Å². The predicted molar refractivity (Wildman–Crippen MR) is 96.5 cm³/mol. The Morgan fingerprint density at radius 1 is 1.14 bits per heavy atom. The Balaban J connectivity index is 1.85. The van der Waals surface area contributed by atoms with Gasteiger partial charge in [-0.2, -0.15) is 0 Å². The zero-order valence-electron chi connectivity index (χ0n) is 14.5. The average Bonchev–Trinajstić information content (AvgIpc) is 2.98. The molecule has 0 saturated carbocycles. The van der Waals surface area contributed by atoms with Crippen molar-refractivity contribution >= 4 is 32.5 Å². The number of aromatic amines is 1. The van der Waals surface area contributed by atoms with Crippen molar-refractivity contribution in [2.24, 2.45) is 0 Å². The number of nitrogens with zero attached hydrogens (tertiary/aromatic N) is 3. The molecule has 0 radical (unpaired) electrons. The number of sulfone groups is 1. The maximum absolute atomic E-state index is 14.1. The van der Waals surface area contributed by atoms with Crippen molar-refractivity contribution in [1.82, 2.24) is 15.0 Å². The topological polar surface area (TPSA) is 105 Å². The molecule has 7 nitrogen and oxygen atoms in total. The smallest absolute Gasteiger partial charge is 0.251 e. The van der Waals surface area contributed by atoms with Crippen molar-refractivity contribution in [3.05, 3.63) is 36.4 Å². The van der Waals surface area contributed by atoms with Crippen molar-refractivity contribution in [3.8, 4) is 0 Å². The summed E-state index contributed by atoms with van der Waals surface area (Å²) in [5.41, 5.74) is 6.10. The molecule has 0 spiro atoms. The zero-order chi connectivity index (χ0) is 20.1. The lowest BCUT2D eigenvalue weighted by Crippen LogP contribution is -2.39. The second kappa shape index (κ2) is 6.36. The number of piperidine rings is 1. The van der Waals surface area contributed by atoms with Crippen LogP contribution in [0.3, 0.4) is 0 Å². The maximum atomic E-state index is 14.1. The second-order valence-electron chi connectivity index (χ2n) is 6.57. The summed E-state index contributed by atoms with van der Waals surface area (Å²) in [6.45, 7) is 0.0981. The molecule has 1 aliphatic rings. The first-order valence-electron chi connectivity index (χ1n) is 8.45. The van der Waals surface area contributed by atoms with Crippen LogP contribution < -0.4 is 10.6 Å². The Kier molecular flexibility index (Phi) is 4.21. The Bertz CT molecular complexity index is 1150. The van der Waals surface area contributed by atoms with Gasteiger partial charge in [0.2, 0.25) is 9.84 Å². The van der Waals surface area contributed by atoms with Gasteiger partial charge in [0.05, 0.1) is 0 Å². The number of benzene rings is 1. The minimum atomic E-state index is -4.31. The van der Waals surface area contributed by atoms with Crippen molar-refractivity contribution in [2.75, 3.05) is 23.7 Å². The van der Waals surface area contributed by atoms with Gasteiger partial charge in [0.25, 0.3) is 5.92 Å². The monoisotopic (exact) mass is 411 g/mol. The van der Waals surface area contributed by atoms with Crippen LogP contribution in [0.15, 0.2) is 40.4 Å². The van der Waals surface area contributed by atoms with E-state index in [1.54, 1.807) is 4.90 Å². The highest BCUT2D eigenvalue weighted by atomic mass is 32.2. The highest BCUT2D eigenvalue weighted by Gasteiger charge is 2.36.